The molecule has 118 valence electrons. The number of aromatic nitrogens is 2. The molecule has 0 aliphatic heterocycles. The molecule has 0 unspecified atom stereocenters. The number of nitrogens with one attached hydrogen (secondary N) is 1. The van der Waals surface area contributed by atoms with Gasteiger partial charge in [-0.3, -0.25) is 9.89 Å². The van der Waals surface area contributed by atoms with Crippen LogP contribution >= 0.6 is 27.5 Å². The zero-order chi connectivity index (χ0) is 16.3. The summed E-state index contributed by atoms with van der Waals surface area (Å²) in [4.78, 5) is 14.4. The van der Waals surface area contributed by atoms with Crippen LogP contribution < -0.4 is 0 Å². The second-order valence-electron chi connectivity index (χ2n) is 5.40. The molecule has 4 nitrogen and oxygen atoms in total. The Morgan fingerprint density at radius 1 is 1.45 bits per heavy atom. The minimum absolute atomic E-state index is 0.0995. The molecule has 1 aromatic heterocycles. The number of halogens is 2. The first-order valence-electron chi connectivity index (χ1n) is 7.21. The molecule has 0 fully saturated rings. The van der Waals surface area contributed by atoms with E-state index in [-0.39, 0.29) is 11.8 Å². The minimum atomic E-state index is -0.0995. The van der Waals surface area contributed by atoms with Crippen molar-refractivity contribution < 1.29 is 4.79 Å². The van der Waals surface area contributed by atoms with Gasteiger partial charge in [0.2, 0.25) is 0 Å². The van der Waals surface area contributed by atoms with Crippen molar-refractivity contribution in [2.24, 2.45) is 0 Å². The fourth-order valence-corrected chi connectivity index (χ4v) is 3.22. The average Bonchev–Trinajstić information content (AvgIpc) is 2.86. The molecule has 6 heteroatoms. The van der Waals surface area contributed by atoms with Gasteiger partial charge in [-0.25, -0.2) is 0 Å². The van der Waals surface area contributed by atoms with Crippen LogP contribution in [0.25, 0.3) is 0 Å². The summed E-state index contributed by atoms with van der Waals surface area (Å²) in [6.45, 7) is 7.16. The average molecular weight is 385 g/mol. The van der Waals surface area contributed by atoms with E-state index in [1.54, 1.807) is 4.90 Å². The van der Waals surface area contributed by atoms with Crippen LogP contribution in [-0.2, 0) is 6.54 Å². The van der Waals surface area contributed by atoms with Crippen molar-refractivity contribution in [2.45, 2.75) is 33.2 Å². The molecule has 0 aliphatic carbocycles. The summed E-state index contributed by atoms with van der Waals surface area (Å²) in [7, 11) is 0. The Morgan fingerprint density at radius 3 is 2.73 bits per heavy atom. The number of carbonyl (C=O) groups excluding carboxylic acids is 1. The molecule has 1 N–H and O–H groups in total. The summed E-state index contributed by atoms with van der Waals surface area (Å²) >= 11 is 9.49. The molecule has 0 atom stereocenters. The molecule has 22 heavy (non-hydrogen) atoms. The maximum atomic E-state index is 12.7. The van der Waals surface area contributed by atoms with Crippen molar-refractivity contribution >= 4 is 33.4 Å². The van der Waals surface area contributed by atoms with Crippen LogP contribution in [0.3, 0.4) is 0 Å². The number of nitrogens with zero attached hydrogens (tertiary/aromatic N) is 2. The van der Waals surface area contributed by atoms with Gasteiger partial charge in [0.25, 0.3) is 5.91 Å². The maximum absolute atomic E-state index is 12.7. The number of benzene rings is 1. The quantitative estimate of drug-likeness (QED) is 0.818. The lowest BCUT2D eigenvalue weighted by Gasteiger charge is -2.20. The third kappa shape index (κ3) is 3.70. The predicted octanol–water partition coefficient (Wildman–Crippen LogP) is 4.61. The van der Waals surface area contributed by atoms with Gasteiger partial charge in [-0.15, -0.1) is 0 Å². The zero-order valence-corrected chi connectivity index (χ0v) is 15.2. The van der Waals surface area contributed by atoms with Crippen molar-refractivity contribution in [1.82, 2.24) is 15.1 Å². The SMILES string of the molecule is CCN(Cc1cccc(Cl)c1)C(=O)c1n[nH]c(C(C)C)c1Br. The first kappa shape index (κ1) is 17.0. The van der Waals surface area contributed by atoms with Crippen molar-refractivity contribution in [3.63, 3.8) is 0 Å². The predicted molar refractivity (Wildman–Crippen MR) is 92.2 cm³/mol. The Hall–Kier alpha value is -1.33. The highest BCUT2D eigenvalue weighted by Gasteiger charge is 2.23. The number of rotatable bonds is 5. The van der Waals surface area contributed by atoms with Crippen LogP contribution in [0.5, 0.6) is 0 Å². The third-order valence-corrected chi connectivity index (χ3v) is 4.48. The van der Waals surface area contributed by atoms with Gasteiger partial charge in [-0.1, -0.05) is 37.6 Å². The van der Waals surface area contributed by atoms with E-state index in [0.717, 1.165) is 15.7 Å². The van der Waals surface area contributed by atoms with Gasteiger partial charge >= 0.3 is 0 Å². The maximum Gasteiger partial charge on any atom is 0.275 e. The van der Waals surface area contributed by atoms with E-state index in [9.17, 15) is 4.79 Å². The second kappa shape index (κ2) is 7.29. The topological polar surface area (TPSA) is 49.0 Å². The van der Waals surface area contributed by atoms with Gasteiger partial charge in [0, 0.05) is 18.1 Å². The Labute approximate surface area is 144 Å². The smallest absolute Gasteiger partial charge is 0.275 e. The van der Waals surface area contributed by atoms with E-state index >= 15 is 0 Å². The molecular weight excluding hydrogens is 366 g/mol. The van der Waals surface area contributed by atoms with Crippen molar-refractivity contribution in [3.05, 3.63) is 50.7 Å². The lowest BCUT2D eigenvalue weighted by molar-refractivity contribution is 0.0745. The lowest BCUT2D eigenvalue weighted by Crippen LogP contribution is -2.30. The van der Waals surface area contributed by atoms with E-state index in [1.165, 1.54) is 0 Å². The summed E-state index contributed by atoms with van der Waals surface area (Å²) in [6.07, 6.45) is 0. The summed E-state index contributed by atoms with van der Waals surface area (Å²) in [5.41, 5.74) is 2.35. The molecule has 0 saturated carbocycles. The fraction of sp³-hybridized carbons (Fsp3) is 0.375. The number of H-pyrrole nitrogens is 1. The van der Waals surface area contributed by atoms with Crippen LogP contribution in [0.2, 0.25) is 5.02 Å². The molecule has 0 bridgehead atoms. The largest absolute Gasteiger partial charge is 0.333 e. The molecule has 1 amide bonds. The van der Waals surface area contributed by atoms with Crippen molar-refractivity contribution in [2.75, 3.05) is 6.54 Å². The van der Waals surface area contributed by atoms with E-state index in [1.807, 2.05) is 31.2 Å². The molecular formula is C16H19BrClN3O. The molecule has 1 aromatic carbocycles. The Kier molecular flexibility index (Phi) is 5.64. The highest BCUT2D eigenvalue weighted by Crippen LogP contribution is 2.26. The Morgan fingerprint density at radius 2 is 2.18 bits per heavy atom. The normalized spacial score (nSPS) is 11.0. The Balaban J connectivity index is 2.22. The van der Waals surface area contributed by atoms with Crippen LogP contribution in [-0.4, -0.2) is 27.5 Å². The third-order valence-electron chi connectivity index (χ3n) is 3.44. The summed E-state index contributed by atoms with van der Waals surface area (Å²) in [6, 6.07) is 7.54. The number of amides is 1. The number of hydrogen-bond donors (Lipinski definition) is 1. The summed E-state index contributed by atoms with van der Waals surface area (Å²) < 4.78 is 0.747. The number of carbonyl (C=O) groups is 1. The van der Waals surface area contributed by atoms with E-state index in [2.05, 4.69) is 40.0 Å². The monoisotopic (exact) mass is 383 g/mol. The van der Waals surface area contributed by atoms with Gasteiger partial charge < -0.3 is 4.90 Å². The van der Waals surface area contributed by atoms with Gasteiger partial charge in [0.05, 0.1) is 10.2 Å². The molecule has 0 saturated heterocycles. The zero-order valence-electron chi connectivity index (χ0n) is 12.9. The van der Waals surface area contributed by atoms with Gasteiger partial charge in [-0.05, 0) is 46.5 Å². The standard InChI is InChI=1S/C16H19BrClN3O/c1-4-21(9-11-6-5-7-12(18)8-11)16(22)15-13(17)14(10(2)3)19-20-15/h5-8,10H,4,9H2,1-3H3,(H,19,20). The molecule has 0 spiro atoms. The van der Waals surface area contributed by atoms with E-state index in [0.29, 0.717) is 23.8 Å². The molecule has 0 aliphatic rings. The number of aromatic amines is 1. The minimum Gasteiger partial charge on any atom is -0.333 e. The first-order chi connectivity index (χ1) is 10.4. The van der Waals surface area contributed by atoms with Gasteiger partial charge in [0.1, 0.15) is 0 Å². The van der Waals surface area contributed by atoms with Crippen molar-refractivity contribution in [3.8, 4) is 0 Å². The Bertz CT molecular complexity index is 669. The van der Waals surface area contributed by atoms with Gasteiger partial charge in [0.15, 0.2) is 5.69 Å². The van der Waals surface area contributed by atoms with Crippen LogP contribution in [0.15, 0.2) is 28.7 Å². The molecule has 2 aromatic rings. The molecule has 2 rings (SSSR count). The highest BCUT2D eigenvalue weighted by atomic mass is 79.9. The van der Waals surface area contributed by atoms with Crippen LogP contribution in [0.1, 0.15) is 48.4 Å². The molecule has 1 heterocycles. The van der Waals surface area contributed by atoms with Crippen LogP contribution in [0, 0.1) is 0 Å². The summed E-state index contributed by atoms with van der Waals surface area (Å²) in [5, 5.41) is 7.79. The lowest BCUT2D eigenvalue weighted by atomic mass is 10.1. The first-order valence-corrected chi connectivity index (χ1v) is 8.38. The summed E-state index contributed by atoms with van der Waals surface area (Å²) in [5.74, 6) is 0.170. The van der Waals surface area contributed by atoms with E-state index in [4.69, 9.17) is 11.6 Å². The fourth-order valence-electron chi connectivity index (χ4n) is 2.20. The van der Waals surface area contributed by atoms with E-state index < -0.39 is 0 Å². The van der Waals surface area contributed by atoms with Gasteiger partial charge in [-0.2, -0.15) is 5.10 Å². The molecule has 0 radical (unpaired) electrons. The van der Waals surface area contributed by atoms with Crippen LogP contribution in [0.4, 0.5) is 0 Å². The second-order valence-corrected chi connectivity index (χ2v) is 6.63. The van der Waals surface area contributed by atoms with Crippen molar-refractivity contribution in [1.29, 1.82) is 0 Å². The number of hydrogen-bond acceptors (Lipinski definition) is 2. The highest BCUT2D eigenvalue weighted by molar-refractivity contribution is 9.10.